The molecule has 1 atom stereocenters. The maximum atomic E-state index is 11.1. The van der Waals surface area contributed by atoms with Crippen LogP contribution >= 0.6 is 0 Å². The molecule has 0 saturated heterocycles. The molecule has 130 valence electrons. The molecule has 1 aliphatic carbocycles. The minimum Gasteiger partial charge on any atom is -0.387 e. The quantitative estimate of drug-likeness (QED) is 0.629. The van der Waals surface area contributed by atoms with Crippen molar-refractivity contribution in [3.05, 3.63) is 23.5 Å². The topological polar surface area (TPSA) is 92.1 Å². The molecule has 2 aromatic rings. The summed E-state index contributed by atoms with van der Waals surface area (Å²) in [6.45, 7) is 4.84. The first-order chi connectivity index (χ1) is 11.6. The number of pyridine rings is 1. The zero-order valence-corrected chi connectivity index (χ0v) is 14.2. The van der Waals surface area contributed by atoms with Gasteiger partial charge in [0.15, 0.2) is 5.65 Å². The lowest BCUT2D eigenvalue weighted by Crippen LogP contribution is -2.27. The summed E-state index contributed by atoms with van der Waals surface area (Å²) in [4.78, 5) is 15.7. The van der Waals surface area contributed by atoms with E-state index in [1.165, 1.54) is 12.8 Å². The van der Waals surface area contributed by atoms with E-state index in [1.54, 1.807) is 0 Å². The van der Waals surface area contributed by atoms with E-state index in [1.807, 2.05) is 17.7 Å². The number of fused-ring (bicyclic) bond motifs is 1. The lowest BCUT2D eigenvalue weighted by atomic mass is 10.1. The fourth-order valence-corrected chi connectivity index (χ4v) is 2.84. The van der Waals surface area contributed by atoms with Gasteiger partial charge in [-0.1, -0.05) is 0 Å². The van der Waals surface area contributed by atoms with Crippen molar-refractivity contribution < 1.29 is 9.90 Å². The van der Waals surface area contributed by atoms with Crippen LogP contribution in [0.1, 0.15) is 43.6 Å². The van der Waals surface area contributed by atoms with Gasteiger partial charge in [0.1, 0.15) is 6.61 Å². The number of hydrogen-bond acceptors (Lipinski definition) is 5. The zero-order valence-electron chi connectivity index (χ0n) is 14.2. The summed E-state index contributed by atoms with van der Waals surface area (Å²) >= 11 is 0. The van der Waals surface area contributed by atoms with Gasteiger partial charge >= 0.3 is 0 Å². The van der Waals surface area contributed by atoms with Gasteiger partial charge in [0.25, 0.3) is 0 Å². The molecule has 3 rings (SSSR count). The van der Waals surface area contributed by atoms with Gasteiger partial charge < -0.3 is 15.7 Å². The predicted molar refractivity (Wildman–Crippen MR) is 91.6 cm³/mol. The second-order valence-electron chi connectivity index (χ2n) is 6.46. The molecule has 0 radical (unpaired) electrons. The Morgan fingerprint density at radius 2 is 2.25 bits per heavy atom. The standard InChI is InChI=1S/C17H25N5O2/c1-11-4-7-14-16(12(2)20-13-5-6-13)21-22(17(14)19-11)9-3-8-18-15(24)10-23/h4,7,12-13,20,23H,3,5-6,8-10H2,1-2H3,(H,18,24)/t12-/m1/s1. The third kappa shape index (κ3) is 3.91. The molecule has 0 bridgehead atoms. The van der Waals surface area contributed by atoms with Gasteiger partial charge in [0.2, 0.25) is 5.91 Å². The molecule has 1 fully saturated rings. The molecule has 7 nitrogen and oxygen atoms in total. The Kier molecular flexibility index (Phi) is 5.11. The number of aryl methyl sites for hydroxylation is 2. The van der Waals surface area contributed by atoms with Gasteiger partial charge in [-0.05, 0) is 45.2 Å². The Balaban J connectivity index is 1.75. The van der Waals surface area contributed by atoms with Crippen molar-refractivity contribution in [3.63, 3.8) is 0 Å². The van der Waals surface area contributed by atoms with Gasteiger partial charge in [-0.15, -0.1) is 0 Å². The maximum Gasteiger partial charge on any atom is 0.245 e. The third-order valence-corrected chi connectivity index (χ3v) is 4.25. The average molecular weight is 331 g/mol. The molecule has 24 heavy (non-hydrogen) atoms. The molecular formula is C17H25N5O2. The fourth-order valence-electron chi connectivity index (χ4n) is 2.84. The minimum absolute atomic E-state index is 0.194. The Hall–Kier alpha value is -1.99. The third-order valence-electron chi connectivity index (χ3n) is 4.25. The summed E-state index contributed by atoms with van der Waals surface area (Å²) in [7, 11) is 0. The van der Waals surface area contributed by atoms with E-state index in [2.05, 4.69) is 28.6 Å². The molecule has 0 unspecified atom stereocenters. The average Bonchev–Trinajstić information content (AvgIpc) is 3.31. The Morgan fingerprint density at radius 1 is 1.46 bits per heavy atom. The normalized spacial score (nSPS) is 15.6. The van der Waals surface area contributed by atoms with Crippen molar-refractivity contribution in [1.82, 2.24) is 25.4 Å². The lowest BCUT2D eigenvalue weighted by Gasteiger charge is -2.10. The van der Waals surface area contributed by atoms with Crippen LogP contribution in [-0.2, 0) is 11.3 Å². The molecule has 0 aliphatic heterocycles. The summed E-state index contributed by atoms with van der Waals surface area (Å²) < 4.78 is 1.92. The summed E-state index contributed by atoms with van der Waals surface area (Å²) in [5, 5.41) is 20.8. The van der Waals surface area contributed by atoms with Crippen LogP contribution in [-0.4, -0.2) is 45.0 Å². The zero-order chi connectivity index (χ0) is 17.1. The number of hydrogen-bond donors (Lipinski definition) is 3. The number of nitrogens with zero attached hydrogens (tertiary/aromatic N) is 3. The molecule has 7 heteroatoms. The number of aromatic nitrogens is 3. The van der Waals surface area contributed by atoms with Gasteiger partial charge in [-0.25, -0.2) is 9.67 Å². The molecule has 1 amide bonds. The number of amides is 1. The highest BCUT2D eigenvalue weighted by molar-refractivity contribution is 5.79. The van der Waals surface area contributed by atoms with Crippen molar-refractivity contribution in [1.29, 1.82) is 0 Å². The van der Waals surface area contributed by atoms with Crippen LogP contribution in [0.5, 0.6) is 0 Å². The van der Waals surface area contributed by atoms with E-state index < -0.39 is 6.61 Å². The Labute approximate surface area is 141 Å². The van der Waals surface area contributed by atoms with E-state index in [9.17, 15) is 4.79 Å². The highest BCUT2D eigenvalue weighted by atomic mass is 16.3. The molecule has 1 saturated carbocycles. The molecule has 1 aliphatic rings. The monoisotopic (exact) mass is 331 g/mol. The van der Waals surface area contributed by atoms with Crippen molar-refractivity contribution in [3.8, 4) is 0 Å². The number of carbonyl (C=O) groups excluding carboxylic acids is 1. The SMILES string of the molecule is Cc1ccc2c([C@@H](C)NC3CC3)nn(CCCNC(=O)CO)c2n1. The molecule has 0 aromatic carbocycles. The van der Waals surface area contributed by atoms with Crippen LogP contribution in [0.25, 0.3) is 11.0 Å². The second kappa shape index (κ2) is 7.27. The van der Waals surface area contributed by atoms with Crippen LogP contribution in [0.15, 0.2) is 12.1 Å². The summed E-state index contributed by atoms with van der Waals surface area (Å²) in [5.74, 6) is -0.350. The molecule has 0 spiro atoms. The molecule has 2 heterocycles. The maximum absolute atomic E-state index is 11.1. The van der Waals surface area contributed by atoms with Gasteiger partial charge in [0, 0.05) is 36.3 Å². The number of nitrogens with one attached hydrogen (secondary N) is 2. The summed E-state index contributed by atoms with van der Waals surface area (Å²) in [6, 6.07) is 4.92. The lowest BCUT2D eigenvalue weighted by molar-refractivity contribution is -0.123. The van der Waals surface area contributed by atoms with E-state index in [0.717, 1.165) is 28.8 Å². The van der Waals surface area contributed by atoms with Gasteiger partial charge in [-0.3, -0.25) is 4.79 Å². The predicted octanol–water partition coefficient (Wildman–Crippen LogP) is 1.05. The fraction of sp³-hybridized carbons (Fsp3) is 0.588. The first-order valence-corrected chi connectivity index (χ1v) is 8.56. The van der Waals surface area contributed by atoms with Crippen LogP contribution < -0.4 is 10.6 Å². The smallest absolute Gasteiger partial charge is 0.245 e. The molecule has 2 aromatic heterocycles. The van der Waals surface area contributed by atoms with E-state index in [4.69, 9.17) is 10.2 Å². The van der Waals surface area contributed by atoms with Crippen LogP contribution in [0.4, 0.5) is 0 Å². The molecular weight excluding hydrogens is 306 g/mol. The largest absolute Gasteiger partial charge is 0.387 e. The first-order valence-electron chi connectivity index (χ1n) is 8.56. The van der Waals surface area contributed by atoms with E-state index >= 15 is 0 Å². The van der Waals surface area contributed by atoms with Crippen molar-refractivity contribution in [2.24, 2.45) is 0 Å². The van der Waals surface area contributed by atoms with Crippen molar-refractivity contribution in [2.75, 3.05) is 13.2 Å². The van der Waals surface area contributed by atoms with Crippen LogP contribution in [0.2, 0.25) is 0 Å². The van der Waals surface area contributed by atoms with Crippen LogP contribution in [0.3, 0.4) is 0 Å². The number of rotatable bonds is 8. The van der Waals surface area contributed by atoms with Crippen LogP contribution in [0, 0.1) is 6.92 Å². The highest BCUT2D eigenvalue weighted by Gasteiger charge is 2.26. The number of carbonyl (C=O) groups is 1. The first kappa shape index (κ1) is 16.9. The van der Waals surface area contributed by atoms with Crippen molar-refractivity contribution in [2.45, 2.75) is 51.7 Å². The highest BCUT2D eigenvalue weighted by Crippen LogP contribution is 2.27. The van der Waals surface area contributed by atoms with E-state index in [-0.39, 0.29) is 11.9 Å². The summed E-state index contributed by atoms with van der Waals surface area (Å²) in [6.07, 6.45) is 3.22. The minimum atomic E-state index is -0.472. The Morgan fingerprint density at radius 3 is 2.96 bits per heavy atom. The second-order valence-corrected chi connectivity index (χ2v) is 6.46. The van der Waals surface area contributed by atoms with Gasteiger partial charge in [0.05, 0.1) is 5.69 Å². The van der Waals surface area contributed by atoms with Gasteiger partial charge in [-0.2, -0.15) is 5.10 Å². The van der Waals surface area contributed by atoms with E-state index in [0.29, 0.717) is 19.1 Å². The summed E-state index contributed by atoms with van der Waals surface area (Å²) in [5.41, 5.74) is 2.89. The number of aliphatic hydroxyl groups excluding tert-OH is 1. The Bertz CT molecular complexity index is 723. The van der Waals surface area contributed by atoms with Crippen molar-refractivity contribution >= 4 is 16.9 Å². The number of aliphatic hydroxyl groups is 1. The molecule has 3 N–H and O–H groups in total.